The molecule has 0 bridgehead atoms. The first-order valence-electron chi connectivity index (χ1n) is 6.51. The van der Waals surface area contributed by atoms with Crippen LogP contribution in [-0.4, -0.2) is 34.7 Å². The third-order valence-electron chi connectivity index (χ3n) is 3.02. The molecule has 4 nitrogen and oxygen atoms in total. The van der Waals surface area contributed by atoms with Gasteiger partial charge in [0.25, 0.3) is 12.3 Å². The standard InChI is InChI=1S/C15H16F2N2O2/c16-14(17)13(20)9-18-15(21)12-7-4-8-19(12)10-11-5-2-1-3-6-11/h1-8,13-14,20H,9-10H2,(H,18,21). The molecule has 21 heavy (non-hydrogen) atoms. The molecule has 1 aromatic heterocycles. The summed E-state index contributed by atoms with van der Waals surface area (Å²) in [5, 5.41) is 11.3. The maximum atomic E-state index is 12.2. The molecule has 0 aliphatic rings. The van der Waals surface area contributed by atoms with E-state index in [1.54, 1.807) is 22.9 Å². The molecular weight excluding hydrogens is 278 g/mol. The summed E-state index contributed by atoms with van der Waals surface area (Å²) in [5.74, 6) is -0.490. The van der Waals surface area contributed by atoms with E-state index in [1.807, 2.05) is 30.3 Å². The molecular formula is C15H16F2N2O2. The van der Waals surface area contributed by atoms with Crippen LogP contribution in [0.3, 0.4) is 0 Å². The molecule has 0 radical (unpaired) electrons. The molecule has 1 atom stereocenters. The monoisotopic (exact) mass is 294 g/mol. The van der Waals surface area contributed by atoms with Crippen LogP contribution in [0.1, 0.15) is 16.1 Å². The van der Waals surface area contributed by atoms with Gasteiger partial charge in [-0.3, -0.25) is 4.79 Å². The second kappa shape index (κ2) is 6.99. The summed E-state index contributed by atoms with van der Waals surface area (Å²) in [4.78, 5) is 12.0. The van der Waals surface area contributed by atoms with Crippen molar-refractivity contribution in [2.45, 2.75) is 19.1 Å². The zero-order valence-corrected chi connectivity index (χ0v) is 11.2. The number of rotatable bonds is 6. The normalized spacial score (nSPS) is 12.4. The highest BCUT2D eigenvalue weighted by Crippen LogP contribution is 2.08. The van der Waals surface area contributed by atoms with Gasteiger partial charge in [0.1, 0.15) is 11.8 Å². The van der Waals surface area contributed by atoms with Crippen molar-refractivity contribution < 1.29 is 18.7 Å². The lowest BCUT2D eigenvalue weighted by Gasteiger charge is -2.12. The first-order valence-corrected chi connectivity index (χ1v) is 6.51. The van der Waals surface area contributed by atoms with E-state index in [1.165, 1.54) is 0 Å². The van der Waals surface area contributed by atoms with E-state index in [-0.39, 0.29) is 0 Å². The van der Waals surface area contributed by atoms with E-state index >= 15 is 0 Å². The highest BCUT2D eigenvalue weighted by Gasteiger charge is 2.18. The van der Waals surface area contributed by atoms with E-state index < -0.39 is 25.0 Å². The van der Waals surface area contributed by atoms with Crippen LogP contribution in [0.25, 0.3) is 0 Å². The van der Waals surface area contributed by atoms with Gasteiger partial charge in [-0.05, 0) is 17.7 Å². The number of benzene rings is 1. The number of aliphatic hydroxyl groups excluding tert-OH is 1. The molecule has 112 valence electrons. The number of aliphatic hydroxyl groups is 1. The molecule has 0 aliphatic carbocycles. The van der Waals surface area contributed by atoms with Gasteiger partial charge in [0.05, 0.1) is 0 Å². The summed E-state index contributed by atoms with van der Waals surface area (Å²) in [5.41, 5.74) is 1.38. The Bertz CT molecular complexity index is 584. The van der Waals surface area contributed by atoms with Gasteiger partial charge in [-0.15, -0.1) is 0 Å². The van der Waals surface area contributed by atoms with Gasteiger partial charge in [-0.1, -0.05) is 30.3 Å². The maximum absolute atomic E-state index is 12.2. The van der Waals surface area contributed by atoms with Crippen molar-refractivity contribution in [3.05, 3.63) is 59.9 Å². The number of hydrogen-bond donors (Lipinski definition) is 2. The second-order valence-electron chi connectivity index (χ2n) is 4.62. The van der Waals surface area contributed by atoms with Crippen molar-refractivity contribution >= 4 is 5.91 Å². The highest BCUT2D eigenvalue weighted by molar-refractivity contribution is 5.92. The molecule has 0 spiro atoms. The average Bonchev–Trinajstić information content (AvgIpc) is 2.93. The molecule has 1 aromatic carbocycles. The highest BCUT2D eigenvalue weighted by atomic mass is 19.3. The van der Waals surface area contributed by atoms with Crippen molar-refractivity contribution in [2.75, 3.05) is 6.54 Å². The Morgan fingerprint density at radius 3 is 2.57 bits per heavy atom. The van der Waals surface area contributed by atoms with Crippen molar-refractivity contribution in [1.29, 1.82) is 0 Å². The Kier molecular flexibility index (Phi) is 5.05. The zero-order valence-electron chi connectivity index (χ0n) is 11.2. The number of nitrogens with zero attached hydrogens (tertiary/aromatic N) is 1. The van der Waals surface area contributed by atoms with Crippen LogP contribution in [0.15, 0.2) is 48.7 Å². The van der Waals surface area contributed by atoms with Crippen molar-refractivity contribution in [2.24, 2.45) is 0 Å². The second-order valence-corrected chi connectivity index (χ2v) is 4.62. The Morgan fingerprint density at radius 1 is 1.19 bits per heavy atom. The van der Waals surface area contributed by atoms with Gasteiger partial charge >= 0.3 is 0 Å². The molecule has 6 heteroatoms. The van der Waals surface area contributed by atoms with E-state index in [0.717, 1.165) is 5.56 Å². The van der Waals surface area contributed by atoms with E-state index in [9.17, 15) is 13.6 Å². The average molecular weight is 294 g/mol. The molecule has 0 fully saturated rings. The molecule has 2 aromatic rings. The largest absolute Gasteiger partial charge is 0.385 e. The summed E-state index contributed by atoms with van der Waals surface area (Å²) >= 11 is 0. The van der Waals surface area contributed by atoms with Gasteiger partial charge in [0.15, 0.2) is 0 Å². The number of amides is 1. The van der Waals surface area contributed by atoms with Gasteiger partial charge < -0.3 is 15.0 Å². The summed E-state index contributed by atoms with van der Waals surface area (Å²) in [7, 11) is 0. The number of carbonyl (C=O) groups is 1. The minimum Gasteiger partial charge on any atom is -0.385 e. The molecule has 2 N–H and O–H groups in total. The fourth-order valence-electron chi connectivity index (χ4n) is 1.92. The Labute approximate surface area is 121 Å². The van der Waals surface area contributed by atoms with Gasteiger partial charge in [-0.25, -0.2) is 8.78 Å². The molecule has 1 amide bonds. The van der Waals surface area contributed by atoms with Crippen LogP contribution in [-0.2, 0) is 6.54 Å². The van der Waals surface area contributed by atoms with Crippen LogP contribution >= 0.6 is 0 Å². The maximum Gasteiger partial charge on any atom is 0.268 e. The zero-order chi connectivity index (χ0) is 15.2. The Hall–Kier alpha value is -2.21. The van der Waals surface area contributed by atoms with Crippen molar-refractivity contribution in [1.82, 2.24) is 9.88 Å². The van der Waals surface area contributed by atoms with Crippen LogP contribution in [0, 0.1) is 0 Å². The number of alkyl halides is 2. The number of nitrogens with one attached hydrogen (secondary N) is 1. The van der Waals surface area contributed by atoms with Crippen LogP contribution < -0.4 is 5.32 Å². The predicted molar refractivity (Wildman–Crippen MR) is 74.3 cm³/mol. The summed E-state index contributed by atoms with van der Waals surface area (Å²) < 4.78 is 26.1. The first-order chi connectivity index (χ1) is 10.1. The SMILES string of the molecule is O=C(NCC(O)C(F)F)c1cccn1Cc1ccccc1. The number of aromatic nitrogens is 1. The van der Waals surface area contributed by atoms with Gasteiger partial charge in [-0.2, -0.15) is 0 Å². The summed E-state index contributed by atoms with van der Waals surface area (Å²) in [6.07, 6.45) is -2.99. The molecule has 1 unspecified atom stereocenters. The first kappa shape index (κ1) is 15.2. The smallest absolute Gasteiger partial charge is 0.268 e. The molecule has 2 rings (SSSR count). The minimum absolute atomic E-state index is 0.361. The van der Waals surface area contributed by atoms with Gasteiger partial charge in [0.2, 0.25) is 0 Å². The lowest BCUT2D eigenvalue weighted by molar-refractivity contribution is -0.00274. The van der Waals surface area contributed by atoms with E-state index in [2.05, 4.69) is 5.32 Å². The fraction of sp³-hybridized carbons (Fsp3) is 0.267. The van der Waals surface area contributed by atoms with Crippen LogP contribution in [0.4, 0.5) is 8.78 Å². The quantitative estimate of drug-likeness (QED) is 0.855. The van der Waals surface area contributed by atoms with Crippen LogP contribution in [0.2, 0.25) is 0 Å². The van der Waals surface area contributed by atoms with Gasteiger partial charge in [0, 0.05) is 19.3 Å². The number of carbonyl (C=O) groups excluding carboxylic acids is 1. The lowest BCUT2D eigenvalue weighted by Crippen LogP contribution is -2.36. The molecule has 0 aliphatic heterocycles. The third kappa shape index (κ3) is 4.13. The Balaban J connectivity index is 2.01. The molecule has 0 saturated heterocycles. The van der Waals surface area contributed by atoms with E-state index in [0.29, 0.717) is 12.2 Å². The lowest BCUT2D eigenvalue weighted by atomic mass is 10.2. The predicted octanol–water partition coefficient (Wildman–Crippen LogP) is 1.89. The fourth-order valence-corrected chi connectivity index (χ4v) is 1.92. The van der Waals surface area contributed by atoms with Crippen molar-refractivity contribution in [3.63, 3.8) is 0 Å². The Morgan fingerprint density at radius 2 is 1.90 bits per heavy atom. The number of halogens is 2. The number of hydrogen-bond acceptors (Lipinski definition) is 2. The van der Waals surface area contributed by atoms with Crippen LogP contribution in [0.5, 0.6) is 0 Å². The van der Waals surface area contributed by atoms with Crippen molar-refractivity contribution in [3.8, 4) is 0 Å². The topological polar surface area (TPSA) is 54.3 Å². The summed E-state index contributed by atoms with van der Waals surface area (Å²) in [6, 6.07) is 12.9. The third-order valence-corrected chi connectivity index (χ3v) is 3.02. The molecule has 0 saturated carbocycles. The van der Waals surface area contributed by atoms with E-state index in [4.69, 9.17) is 5.11 Å². The minimum atomic E-state index is -2.87. The molecule has 1 heterocycles. The summed E-state index contributed by atoms with van der Waals surface area (Å²) in [6.45, 7) is 0.0288.